The van der Waals surface area contributed by atoms with Gasteiger partial charge in [-0.15, -0.1) is 0 Å². The maximum absolute atomic E-state index is 12.8. The van der Waals surface area contributed by atoms with E-state index in [1.54, 1.807) is 24.4 Å². The largest absolute Gasteiger partial charge is 0.497 e. The number of ether oxygens (including phenoxy) is 1. The SMILES string of the molecule is COc1ccc(CCC(=O)N2CCN(C(=O)c3cnc(-c4ccccc4)nc3)CC2)cc1. The molecule has 0 N–H and O–H groups in total. The molecule has 2 heterocycles. The smallest absolute Gasteiger partial charge is 0.257 e. The topological polar surface area (TPSA) is 75.6 Å². The van der Waals surface area contributed by atoms with Gasteiger partial charge in [-0.05, 0) is 24.1 Å². The average Bonchev–Trinajstić information content (AvgIpc) is 2.88. The summed E-state index contributed by atoms with van der Waals surface area (Å²) < 4.78 is 5.16. The molecule has 7 nitrogen and oxygen atoms in total. The van der Waals surface area contributed by atoms with Gasteiger partial charge in [0.05, 0.1) is 12.7 Å². The van der Waals surface area contributed by atoms with Gasteiger partial charge in [-0.25, -0.2) is 9.97 Å². The zero-order chi connectivity index (χ0) is 22.3. The minimum Gasteiger partial charge on any atom is -0.497 e. The van der Waals surface area contributed by atoms with E-state index in [0.717, 1.165) is 16.9 Å². The Kier molecular flexibility index (Phi) is 6.75. The Labute approximate surface area is 187 Å². The number of amides is 2. The van der Waals surface area contributed by atoms with E-state index < -0.39 is 0 Å². The minimum absolute atomic E-state index is 0.102. The lowest BCUT2D eigenvalue weighted by molar-refractivity contribution is -0.132. The summed E-state index contributed by atoms with van der Waals surface area (Å²) in [5, 5.41) is 0. The van der Waals surface area contributed by atoms with Gasteiger partial charge in [-0.2, -0.15) is 0 Å². The van der Waals surface area contributed by atoms with Gasteiger partial charge in [0.25, 0.3) is 5.91 Å². The highest BCUT2D eigenvalue weighted by Gasteiger charge is 2.25. The van der Waals surface area contributed by atoms with E-state index >= 15 is 0 Å². The molecule has 0 radical (unpaired) electrons. The molecule has 4 rings (SSSR count). The van der Waals surface area contributed by atoms with E-state index in [1.165, 1.54) is 0 Å². The third-order valence-electron chi connectivity index (χ3n) is 5.64. The van der Waals surface area contributed by atoms with Crippen LogP contribution in [0.4, 0.5) is 0 Å². The maximum Gasteiger partial charge on any atom is 0.257 e. The normalized spacial score (nSPS) is 13.7. The second-order valence-electron chi connectivity index (χ2n) is 7.68. The standard InChI is InChI=1S/C25H26N4O3/c1-32-22-10-7-19(8-11-22)9-12-23(30)28-13-15-29(16-14-28)25(31)21-17-26-24(27-18-21)20-5-3-2-4-6-20/h2-8,10-11,17-18H,9,12-16H2,1H3. The van der Waals surface area contributed by atoms with Crippen LogP contribution in [0.25, 0.3) is 11.4 Å². The van der Waals surface area contributed by atoms with Crippen molar-refractivity contribution in [3.8, 4) is 17.1 Å². The summed E-state index contributed by atoms with van der Waals surface area (Å²) >= 11 is 0. The first-order valence-electron chi connectivity index (χ1n) is 10.7. The van der Waals surface area contributed by atoms with Gasteiger partial charge in [-0.1, -0.05) is 42.5 Å². The summed E-state index contributed by atoms with van der Waals surface area (Å²) in [5.41, 5.74) is 2.48. The second kappa shape index (κ2) is 10.0. The van der Waals surface area contributed by atoms with Crippen LogP contribution in [0.3, 0.4) is 0 Å². The van der Waals surface area contributed by atoms with Crippen LogP contribution < -0.4 is 4.74 Å². The fourth-order valence-electron chi connectivity index (χ4n) is 3.72. The highest BCUT2D eigenvalue weighted by molar-refractivity contribution is 5.94. The van der Waals surface area contributed by atoms with Gasteiger partial charge in [-0.3, -0.25) is 9.59 Å². The van der Waals surface area contributed by atoms with Gasteiger partial charge in [0.1, 0.15) is 5.75 Å². The fourth-order valence-corrected chi connectivity index (χ4v) is 3.72. The number of nitrogens with zero attached hydrogens (tertiary/aromatic N) is 4. The van der Waals surface area contributed by atoms with Crippen LogP contribution >= 0.6 is 0 Å². The summed E-state index contributed by atoms with van der Waals surface area (Å²) in [7, 11) is 1.63. The van der Waals surface area contributed by atoms with Gasteiger partial charge >= 0.3 is 0 Å². The molecule has 1 aromatic heterocycles. The zero-order valence-electron chi connectivity index (χ0n) is 18.1. The summed E-state index contributed by atoms with van der Waals surface area (Å²) in [4.78, 5) is 37.7. The lowest BCUT2D eigenvalue weighted by Gasteiger charge is -2.34. The first-order chi connectivity index (χ1) is 15.6. The number of rotatable bonds is 6. The number of carbonyl (C=O) groups is 2. The van der Waals surface area contributed by atoms with Crippen molar-refractivity contribution in [1.29, 1.82) is 0 Å². The third-order valence-corrected chi connectivity index (χ3v) is 5.64. The van der Waals surface area contributed by atoms with Crippen molar-refractivity contribution < 1.29 is 14.3 Å². The van der Waals surface area contributed by atoms with Crippen LogP contribution in [-0.2, 0) is 11.2 Å². The molecule has 32 heavy (non-hydrogen) atoms. The van der Waals surface area contributed by atoms with E-state index in [9.17, 15) is 9.59 Å². The highest BCUT2D eigenvalue weighted by Crippen LogP contribution is 2.16. The molecule has 2 aromatic carbocycles. The summed E-state index contributed by atoms with van der Waals surface area (Å²) in [5.74, 6) is 1.41. The van der Waals surface area contributed by atoms with Crippen LogP contribution in [0, 0.1) is 0 Å². The zero-order valence-corrected chi connectivity index (χ0v) is 18.1. The molecule has 0 aliphatic carbocycles. The molecule has 0 spiro atoms. The van der Waals surface area contributed by atoms with Crippen LogP contribution in [0.2, 0.25) is 0 Å². The van der Waals surface area contributed by atoms with Crippen molar-refractivity contribution in [1.82, 2.24) is 19.8 Å². The lowest BCUT2D eigenvalue weighted by atomic mass is 10.1. The number of benzene rings is 2. The molecule has 0 atom stereocenters. The molecule has 0 saturated carbocycles. The Morgan fingerprint density at radius 3 is 2.12 bits per heavy atom. The molecule has 2 amide bonds. The molecular formula is C25H26N4O3. The Bertz CT molecular complexity index is 1040. The molecule has 3 aromatic rings. The van der Waals surface area contributed by atoms with Gasteiger partial charge in [0, 0.05) is 50.6 Å². The molecule has 1 aliphatic rings. The number of aromatic nitrogens is 2. The van der Waals surface area contributed by atoms with Gasteiger partial charge in [0.2, 0.25) is 5.91 Å². The number of hydrogen-bond donors (Lipinski definition) is 0. The second-order valence-corrected chi connectivity index (χ2v) is 7.68. The predicted molar refractivity (Wildman–Crippen MR) is 121 cm³/mol. The Morgan fingerprint density at radius 1 is 0.875 bits per heavy atom. The van der Waals surface area contributed by atoms with E-state index in [0.29, 0.717) is 50.4 Å². The predicted octanol–water partition coefficient (Wildman–Crippen LogP) is 3.07. The van der Waals surface area contributed by atoms with Gasteiger partial charge in [0.15, 0.2) is 5.82 Å². The van der Waals surface area contributed by atoms with Crippen LogP contribution in [-0.4, -0.2) is 64.9 Å². The van der Waals surface area contributed by atoms with E-state index in [1.807, 2.05) is 59.5 Å². The van der Waals surface area contributed by atoms with Crippen LogP contribution in [0.1, 0.15) is 22.3 Å². The Balaban J connectivity index is 1.27. The molecule has 164 valence electrons. The fraction of sp³-hybridized carbons (Fsp3) is 0.280. The van der Waals surface area contributed by atoms with Crippen molar-refractivity contribution in [2.45, 2.75) is 12.8 Å². The summed E-state index contributed by atoms with van der Waals surface area (Å²) in [6, 6.07) is 17.4. The quantitative estimate of drug-likeness (QED) is 0.601. The first-order valence-corrected chi connectivity index (χ1v) is 10.7. The van der Waals surface area contributed by atoms with Crippen molar-refractivity contribution in [3.05, 3.63) is 78.1 Å². The lowest BCUT2D eigenvalue weighted by Crippen LogP contribution is -2.50. The van der Waals surface area contributed by atoms with E-state index in [4.69, 9.17) is 4.74 Å². The average molecular weight is 431 g/mol. The maximum atomic E-state index is 12.8. The van der Waals surface area contributed by atoms with Crippen LogP contribution in [0.5, 0.6) is 5.75 Å². The molecule has 1 saturated heterocycles. The Hall–Kier alpha value is -3.74. The molecule has 1 fully saturated rings. The van der Waals surface area contributed by atoms with E-state index in [2.05, 4.69) is 9.97 Å². The monoisotopic (exact) mass is 430 g/mol. The number of carbonyl (C=O) groups excluding carboxylic acids is 2. The molecule has 0 unspecified atom stereocenters. The van der Waals surface area contributed by atoms with Crippen molar-refractivity contribution in [2.24, 2.45) is 0 Å². The van der Waals surface area contributed by atoms with Gasteiger partial charge < -0.3 is 14.5 Å². The van der Waals surface area contributed by atoms with Crippen molar-refractivity contribution in [3.63, 3.8) is 0 Å². The highest BCUT2D eigenvalue weighted by atomic mass is 16.5. The van der Waals surface area contributed by atoms with E-state index in [-0.39, 0.29) is 11.8 Å². The molecule has 1 aliphatic heterocycles. The van der Waals surface area contributed by atoms with Crippen molar-refractivity contribution >= 4 is 11.8 Å². The first kappa shape index (κ1) is 21.5. The number of piperazine rings is 1. The Morgan fingerprint density at radius 2 is 1.50 bits per heavy atom. The van der Waals surface area contributed by atoms with Crippen molar-refractivity contribution in [2.75, 3.05) is 33.3 Å². The number of aryl methyl sites for hydroxylation is 1. The number of hydrogen-bond acceptors (Lipinski definition) is 5. The number of methoxy groups -OCH3 is 1. The molecular weight excluding hydrogens is 404 g/mol. The molecule has 7 heteroatoms. The van der Waals surface area contributed by atoms with Crippen LogP contribution in [0.15, 0.2) is 67.0 Å². The molecule has 0 bridgehead atoms. The third kappa shape index (κ3) is 5.11. The minimum atomic E-state index is -0.102. The summed E-state index contributed by atoms with van der Waals surface area (Å²) in [6.07, 6.45) is 4.29. The summed E-state index contributed by atoms with van der Waals surface area (Å²) in [6.45, 7) is 2.09.